The maximum Gasteiger partial charge on any atom is 0.337 e. The molecular formula is C17H16ClNO3. The molecule has 0 aromatic heterocycles. The van der Waals surface area contributed by atoms with Gasteiger partial charge >= 0.3 is 5.97 Å². The number of anilines is 1. The van der Waals surface area contributed by atoms with Gasteiger partial charge in [-0.05, 0) is 36.2 Å². The molecule has 1 N–H and O–H groups in total. The van der Waals surface area contributed by atoms with Gasteiger partial charge in [-0.1, -0.05) is 35.9 Å². The summed E-state index contributed by atoms with van der Waals surface area (Å²) >= 11 is 6.06. The van der Waals surface area contributed by atoms with Crippen molar-refractivity contribution in [3.63, 3.8) is 0 Å². The van der Waals surface area contributed by atoms with Crippen molar-refractivity contribution in [2.75, 3.05) is 12.4 Å². The summed E-state index contributed by atoms with van der Waals surface area (Å²) in [7, 11) is 1.32. The van der Waals surface area contributed by atoms with Crippen molar-refractivity contribution >= 4 is 29.2 Å². The van der Waals surface area contributed by atoms with Crippen LogP contribution in [0.15, 0.2) is 48.5 Å². The predicted octanol–water partition coefficient (Wildman–Crippen LogP) is 3.70. The average Bonchev–Trinajstić information content (AvgIpc) is 2.53. The van der Waals surface area contributed by atoms with Gasteiger partial charge < -0.3 is 10.1 Å². The summed E-state index contributed by atoms with van der Waals surface area (Å²) in [5.41, 5.74) is 1.89. The molecule has 22 heavy (non-hydrogen) atoms. The molecule has 2 aromatic rings. The molecule has 0 fully saturated rings. The maximum atomic E-state index is 12.0. The number of amides is 1. The van der Waals surface area contributed by atoms with E-state index in [1.54, 1.807) is 30.3 Å². The third-order valence-corrected chi connectivity index (χ3v) is 3.52. The standard InChI is InChI=1S/C17H16ClNO3/c1-22-17(21)13-6-4-7-14(11-13)19-16(20)10-9-12-5-2-3-8-15(12)18/h2-8,11H,9-10H2,1H3,(H,19,20). The summed E-state index contributed by atoms with van der Waals surface area (Å²) < 4.78 is 4.65. The molecule has 0 aliphatic heterocycles. The van der Waals surface area contributed by atoms with E-state index in [1.807, 2.05) is 18.2 Å². The van der Waals surface area contributed by atoms with E-state index in [1.165, 1.54) is 7.11 Å². The molecule has 0 atom stereocenters. The molecule has 0 aliphatic carbocycles. The lowest BCUT2D eigenvalue weighted by Crippen LogP contribution is -2.13. The number of carbonyl (C=O) groups is 2. The number of nitrogens with one attached hydrogen (secondary N) is 1. The third kappa shape index (κ3) is 4.33. The SMILES string of the molecule is COC(=O)c1cccc(NC(=O)CCc2ccccc2Cl)c1. The van der Waals surface area contributed by atoms with Gasteiger partial charge in [-0.15, -0.1) is 0 Å². The molecule has 0 unspecified atom stereocenters. The van der Waals surface area contributed by atoms with E-state index in [2.05, 4.69) is 10.1 Å². The molecule has 0 heterocycles. The van der Waals surface area contributed by atoms with Crippen LogP contribution in [0.4, 0.5) is 5.69 Å². The van der Waals surface area contributed by atoms with Crippen LogP contribution in [-0.2, 0) is 16.0 Å². The number of halogens is 1. The molecule has 2 aromatic carbocycles. The third-order valence-electron chi connectivity index (χ3n) is 3.15. The monoisotopic (exact) mass is 317 g/mol. The number of ether oxygens (including phenoxy) is 1. The smallest absolute Gasteiger partial charge is 0.337 e. The summed E-state index contributed by atoms with van der Waals surface area (Å²) in [6.45, 7) is 0. The number of hydrogen-bond donors (Lipinski definition) is 1. The van der Waals surface area contributed by atoms with Crippen LogP contribution >= 0.6 is 11.6 Å². The van der Waals surface area contributed by atoms with Gasteiger partial charge in [0.1, 0.15) is 0 Å². The largest absolute Gasteiger partial charge is 0.465 e. The Balaban J connectivity index is 1.95. The summed E-state index contributed by atoms with van der Waals surface area (Å²) in [6, 6.07) is 14.1. The number of rotatable bonds is 5. The zero-order valence-corrected chi connectivity index (χ0v) is 12.9. The number of hydrogen-bond acceptors (Lipinski definition) is 3. The van der Waals surface area contributed by atoms with Gasteiger partial charge in [0.05, 0.1) is 12.7 Å². The predicted molar refractivity (Wildman–Crippen MR) is 86.2 cm³/mol. The van der Waals surface area contributed by atoms with E-state index in [0.717, 1.165) is 5.56 Å². The molecule has 1 amide bonds. The van der Waals surface area contributed by atoms with Crippen molar-refractivity contribution in [3.8, 4) is 0 Å². The summed E-state index contributed by atoms with van der Waals surface area (Å²) in [6.07, 6.45) is 0.869. The molecule has 0 radical (unpaired) electrons. The molecule has 0 saturated heterocycles. The fourth-order valence-corrected chi connectivity index (χ4v) is 2.24. The molecule has 0 spiro atoms. The fourth-order valence-electron chi connectivity index (χ4n) is 2.01. The zero-order chi connectivity index (χ0) is 15.9. The van der Waals surface area contributed by atoms with Crippen LogP contribution in [0.1, 0.15) is 22.3 Å². The van der Waals surface area contributed by atoms with Crippen LogP contribution in [0.25, 0.3) is 0 Å². The Morgan fingerprint density at radius 3 is 2.64 bits per heavy atom. The van der Waals surface area contributed by atoms with Crippen LogP contribution in [0.2, 0.25) is 5.02 Å². The van der Waals surface area contributed by atoms with Crippen molar-refractivity contribution in [2.24, 2.45) is 0 Å². The van der Waals surface area contributed by atoms with Crippen molar-refractivity contribution < 1.29 is 14.3 Å². The highest BCUT2D eigenvalue weighted by molar-refractivity contribution is 6.31. The minimum absolute atomic E-state index is 0.137. The van der Waals surface area contributed by atoms with Crippen LogP contribution in [0.5, 0.6) is 0 Å². The molecule has 0 bridgehead atoms. The van der Waals surface area contributed by atoms with E-state index < -0.39 is 5.97 Å². The number of carbonyl (C=O) groups excluding carboxylic acids is 2. The first-order chi connectivity index (χ1) is 10.6. The molecule has 0 saturated carbocycles. The number of esters is 1. The van der Waals surface area contributed by atoms with Gasteiger partial charge in [-0.3, -0.25) is 4.79 Å². The van der Waals surface area contributed by atoms with Gasteiger partial charge in [-0.25, -0.2) is 4.79 Å². The Kier molecular flexibility index (Phi) is 5.55. The number of benzene rings is 2. The quantitative estimate of drug-likeness (QED) is 0.855. The Morgan fingerprint density at radius 2 is 1.91 bits per heavy atom. The second-order valence-electron chi connectivity index (χ2n) is 4.71. The second kappa shape index (κ2) is 7.61. The van der Waals surface area contributed by atoms with Crippen LogP contribution < -0.4 is 5.32 Å². The van der Waals surface area contributed by atoms with Crippen molar-refractivity contribution in [1.29, 1.82) is 0 Å². The van der Waals surface area contributed by atoms with Crippen molar-refractivity contribution in [2.45, 2.75) is 12.8 Å². The highest BCUT2D eigenvalue weighted by Gasteiger charge is 2.08. The lowest BCUT2D eigenvalue weighted by molar-refractivity contribution is -0.116. The van der Waals surface area contributed by atoms with E-state index in [-0.39, 0.29) is 5.91 Å². The van der Waals surface area contributed by atoms with Gasteiger partial charge in [0.2, 0.25) is 5.91 Å². The fraction of sp³-hybridized carbons (Fsp3) is 0.176. The lowest BCUT2D eigenvalue weighted by atomic mass is 10.1. The van der Waals surface area contributed by atoms with Crippen molar-refractivity contribution in [1.82, 2.24) is 0 Å². The minimum Gasteiger partial charge on any atom is -0.465 e. The molecule has 114 valence electrons. The molecule has 0 aliphatic rings. The number of aryl methyl sites for hydroxylation is 1. The summed E-state index contributed by atoms with van der Waals surface area (Å²) in [5, 5.41) is 3.42. The van der Waals surface area contributed by atoms with E-state index in [9.17, 15) is 9.59 Å². The zero-order valence-electron chi connectivity index (χ0n) is 12.1. The van der Waals surface area contributed by atoms with Gasteiger partial charge in [0, 0.05) is 17.1 Å². The van der Waals surface area contributed by atoms with Crippen molar-refractivity contribution in [3.05, 3.63) is 64.7 Å². The topological polar surface area (TPSA) is 55.4 Å². The van der Waals surface area contributed by atoms with Crippen LogP contribution in [-0.4, -0.2) is 19.0 Å². The highest BCUT2D eigenvalue weighted by atomic mass is 35.5. The maximum absolute atomic E-state index is 12.0. The molecule has 2 rings (SSSR count). The number of methoxy groups -OCH3 is 1. The first-order valence-corrected chi connectivity index (χ1v) is 7.19. The Labute approximate surface area is 134 Å². The van der Waals surface area contributed by atoms with E-state index >= 15 is 0 Å². The second-order valence-corrected chi connectivity index (χ2v) is 5.12. The van der Waals surface area contributed by atoms with Gasteiger partial charge in [-0.2, -0.15) is 0 Å². The summed E-state index contributed by atoms with van der Waals surface area (Å²) in [5.74, 6) is -0.575. The molecule has 4 nitrogen and oxygen atoms in total. The van der Waals surface area contributed by atoms with Gasteiger partial charge in [0.25, 0.3) is 0 Å². The minimum atomic E-state index is -0.438. The molecular weight excluding hydrogens is 302 g/mol. The van der Waals surface area contributed by atoms with E-state index in [4.69, 9.17) is 11.6 Å². The van der Waals surface area contributed by atoms with Crippen LogP contribution in [0, 0.1) is 0 Å². The van der Waals surface area contributed by atoms with E-state index in [0.29, 0.717) is 29.1 Å². The molecule has 5 heteroatoms. The summed E-state index contributed by atoms with van der Waals surface area (Å²) in [4.78, 5) is 23.4. The Morgan fingerprint density at radius 1 is 1.14 bits per heavy atom. The Hall–Kier alpha value is -2.33. The normalized spacial score (nSPS) is 10.1. The first kappa shape index (κ1) is 16.0. The average molecular weight is 318 g/mol. The lowest BCUT2D eigenvalue weighted by Gasteiger charge is -2.07. The first-order valence-electron chi connectivity index (χ1n) is 6.82. The van der Waals surface area contributed by atoms with Gasteiger partial charge in [0.15, 0.2) is 0 Å². The highest BCUT2D eigenvalue weighted by Crippen LogP contribution is 2.17. The Bertz CT molecular complexity index is 685. The van der Waals surface area contributed by atoms with Crippen LogP contribution in [0.3, 0.4) is 0 Å².